The molecule has 0 saturated carbocycles. The van der Waals surface area contributed by atoms with Crippen molar-refractivity contribution in [3.05, 3.63) is 0 Å². The standard InChI is InChI=1S/C7H18N2O2/c1-9(2)7(4-10)6(8)5-11-3/h6-7,10H,4-5,8H2,1-3H3. The molecule has 0 aliphatic rings. The predicted molar refractivity (Wildman–Crippen MR) is 44.4 cm³/mol. The second-order valence-electron chi connectivity index (χ2n) is 2.83. The van der Waals surface area contributed by atoms with Crippen LogP contribution in [0.3, 0.4) is 0 Å². The maximum Gasteiger partial charge on any atom is 0.0629 e. The van der Waals surface area contributed by atoms with Gasteiger partial charge < -0.3 is 20.5 Å². The van der Waals surface area contributed by atoms with Crippen LogP contribution in [0.5, 0.6) is 0 Å². The van der Waals surface area contributed by atoms with Crippen LogP contribution < -0.4 is 5.73 Å². The lowest BCUT2D eigenvalue weighted by Crippen LogP contribution is -2.49. The summed E-state index contributed by atoms with van der Waals surface area (Å²) in [5.41, 5.74) is 5.71. The van der Waals surface area contributed by atoms with Gasteiger partial charge in [0.25, 0.3) is 0 Å². The topological polar surface area (TPSA) is 58.7 Å². The van der Waals surface area contributed by atoms with Crippen LogP contribution in [0.25, 0.3) is 0 Å². The zero-order valence-corrected chi connectivity index (χ0v) is 7.45. The highest BCUT2D eigenvalue weighted by Crippen LogP contribution is 1.97. The van der Waals surface area contributed by atoms with Crippen molar-refractivity contribution in [1.29, 1.82) is 0 Å². The Morgan fingerprint density at radius 2 is 2.09 bits per heavy atom. The van der Waals surface area contributed by atoms with Crippen LogP contribution in [-0.4, -0.2) is 56.5 Å². The maximum absolute atomic E-state index is 8.92. The van der Waals surface area contributed by atoms with Gasteiger partial charge in [-0.25, -0.2) is 0 Å². The fourth-order valence-corrected chi connectivity index (χ4v) is 0.985. The van der Waals surface area contributed by atoms with Gasteiger partial charge in [-0.3, -0.25) is 0 Å². The van der Waals surface area contributed by atoms with Crippen LogP contribution >= 0.6 is 0 Å². The first-order valence-corrected chi connectivity index (χ1v) is 3.65. The Morgan fingerprint density at radius 1 is 1.55 bits per heavy atom. The zero-order valence-electron chi connectivity index (χ0n) is 7.45. The summed E-state index contributed by atoms with van der Waals surface area (Å²) in [7, 11) is 5.37. The van der Waals surface area contributed by atoms with Gasteiger partial charge in [0.15, 0.2) is 0 Å². The molecule has 0 radical (unpaired) electrons. The van der Waals surface area contributed by atoms with Gasteiger partial charge in [0.1, 0.15) is 0 Å². The normalized spacial score (nSPS) is 16.9. The Bertz CT molecular complexity index is 98.4. The molecule has 2 atom stereocenters. The predicted octanol–water partition coefficient (Wildman–Crippen LogP) is -1.12. The maximum atomic E-state index is 8.92. The summed E-state index contributed by atoms with van der Waals surface area (Å²) in [6.45, 7) is 0.543. The average molecular weight is 162 g/mol. The van der Waals surface area contributed by atoms with Gasteiger partial charge in [0.2, 0.25) is 0 Å². The van der Waals surface area contributed by atoms with Crippen molar-refractivity contribution in [2.24, 2.45) is 5.73 Å². The average Bonchev–Trinajstić information content (AvgIpc) is 1.88. The second kappa shape index (κ2) is 5.49. The molecule has 0 saturated heterocycles. The lowest BCUT2D eigenvalue weighted by molar-refractivity contribution is 0.0983. The quantitative estimate of drug-likeness (QED) is 0.538. The van der Waals surface area contributed by atoms with Crippen molar-refractivity contribution in [3.63, 3.8) is 0 Å². The molecule has 0 bridgehead atoms. The molecular weight excluding hydrogens is 144 g/mol. The largest absolute Gasteiger partial charge is 0.395 e. The lowest BCUT2D eigenvalue weighted by atomic mass is 10.1. The molecule has 4 heteroatoms. The first-order valence-electron chi connectivity index (χ1n) is 3.65. The number of nitrogens with zero attached hydrogens (tertiary/aromatic N) is 1. The molecule has 0 heterocycles. The van der Waals surface area contributed by atoms with Gasteiger partial charge in [-0.15, -0.1) is 0 Å². The minimum Gasteiger partial charge on any atom is -0.395 e. The van der Waals surface area contributed by atoms with Gasteiger partial charge in [-0.1, -0.05) is 0 Å². The molecule has 0 spiro atoms. The van der Waals surface area contributed by atoms with E-state index in [0.717, 1.165) is 0 Å². The van der Waals surface area contributed by atoms with E-state index in [-0.39, 0.29) is 18.7 Å². The number of nitrogens with two attached hydrogens (primary N) is 1. The minimum absolute atomic E-state index is 0.0186. The summed E-state index contributed by atoms with van der Waals surface area (Å²) in [5, 5.41) is 8.92. The number of methoxy groups -OCH3 is 1. The third-order valence-corrected chi connectivity index (χ3v) is 1.70. The Balaban J connectivity index is 3.81. The van der Waals surface area contributed by atoms with Crippen molar-refractivity contribution in [2.45, 2.75) is 12.1 Å². The number of hydrogen-bond donors (Lipinski definition) is 2. The number of aliphatic hydroxyl groups excluding tert-OH is 1. The third kappa shape index (κ3) is 3.67. The van der Waals surface area contributed by atoms with Crippen molar-refractivity contribution in [2.75, 3.05) is 34.4 Å². The van der Waals surface area contributed by atoms with E-state index in [4.69, 9.17) is 15.6 Å². The zero-order chi connectivity index (χ0) is 8.85. The van der Waals surface area contributed by atoms with Gasteiger partial charge in [-0.05, 0) is 14.1 Å². The van der Waals surface area contributed by atoms with Crippen molar-refractivity contribution >= 4 is 0 Å². The van der Waals surface area contributed by atoms with Gasteiger partial charge in [0, 0.05) is 19.2 Å². The number of likely N-dealkylation sites (N-methyl/N-ethyl adjacent to an activating group) is 1. The van der Waals surface area contributed by atoms with Crippen LogP contribution in [0.15, 0.2) is 0 Å². The highest BCUT2D eigenvalue weighted by atomic mass is 16.5. The molecule has 0 aromatic rings. The fraction of sp³-hybridized carbons (Fsp3) is 1.00. The SMILES string of the molecule is COCC(N)C(CO)N(C)C. The smallest absolute Gasteiger partial charge is 0.0629 e. The van der Waals surface area contributed by atoms with Gasteiger partial charge >= 0.3 is 0 Å². The number of hydrogen-bond acceptors (Lipinski definition) is 4. The molecule has 0 fully saturated rings. The molecule has 0 aromatic heterocycles. The lowest BCUT2D eigenvalue weighted by Gasteiger charge is -2.27. The Kier molecular flexibility index (Phi) is 5.41. The summed E-state index contributed by atoms with van der Waals surface area (Å²) in [6.07, 6.45) is 0. The van der Waals surface area contributed by atoms with E-state index in [0.29, 0.717) is 6.61 Å². The van der Waals surface area contributed by atoms with Crippen LogP contribution in [0.4, 0.5) is 0 Å². The van der Waals surface area contributed by atoms with Gasteiger partial charge in [0.05, 0.1) is 13.2 Å². The third-order valence-electron chi connectivity index (χ3n) is 1.70. The summed E-state index contributed by atoms with van der Waals surface area (Å²) in [4.78, 5) is 1.89. The molecule has 0 aliphatic carbocycles. The number of aliphatic hydroxyl groups is 1. The Morgan fingerprint density at radius 3 is 2.36 bits per heavy atom. The first-order chi connectivity index (χ1) is 5.13. The summed E-state index contributed by atoms with van der Waals surface area (Å²) >= 11 is 0. The number of rotatable bonds is 5. The number of ether oxygens (including phenoxy) is 1. The van der Waals surface area contributed by atoms with Gasteiger partial charge in [-0.2, -0.15) is 0 Å². The highest BCUT2D eigenvalue weighted by Gasteiger charge is 2.18. The summed E-state index contributed by atoms with van der Waals surface area (Å²) in [5.74, 6) is 0. The molecule has 0 amide bonds. The molecule has 2 unspecified atom stereocenters. The van der Waals surface area contributed by atoms with E-state index in [1.807, 2.05) is 19.0 Å². The molecule has 11 heavy (non-hydrogen) atoms. The van der Waals surface area contributed by atoms with Crippen molar-refractivity contribution < 1.29 is 9.84 Å². The van der Waals surface area contributed by atoms with Crippen molar-refractivity contribution in [1.82, 2.24) is 4.90 Å². The fourth-order valence-electron chi connectivity index (χ4n) is 0.985. The summed E-state index contributed by atoms with van der Waals surface area (Å²) in [6, 6.07) is -0.144. The molecule has 3 N–H and O–H groups in total. The molecule has 0 aromatic carbocycles. The minimum atomic E-state index is -0.125. The second-order valence-corrected chi connectivity index (χ2v) is 2.83. The van der Waals surface area contributed by atoms with E-state index in [1.165, 1.54) is 0 Å². The van der Waals surface area contributed by atoms with Crippen LogP contribution in [0, 0.1) is 0 Å². The van der Waals surface area contributed by atoms with Crippen LogP contribution in [0.1, 0.15) is 0 Å². The summed E-state index contributed by atoms with van der Waals surface area (Å²) < 4.78 is 4.87. The molecule has 4 nitrogen and oxygen atoms in total. The Hall–Kier alpha value is -0.160. The van der Waals surface area contributed by atoms with E-state index < -0.39 is 0 Å². The van der Waals surface area contributed by atoms with E-state index in [9.17, 15) is 0 Å². The molecule has 0 aliphatic heterocycles. The van der Waals surface area contributed by atoms with E-state index in [1.54, 1.807) is 7.11 Å². The molecule has 0 rings (SSSR count). The highest BCUT2D eigenvalue weighted by molar-refractivity contribution is 4.77. The van der Waals surface area contributed by atoms with E-state index in [2.05, 4.69) is 0 Å². The van der Waals surface area contributed by atoms with Crippen molar-refractivity contribution in [3.8, 4) is 0 Å². The Labute approximate surface area is 67.9 Å². The monoisotopic (exact) mass is 162 g/mol. The van der Waals surface area contributed by atoms with Crippen LogP contribution in [0.2, 0.25) is 0 Å². The van der Waals surface area contributed by atoms with E-state index >= 15 is 0 Å². The first kappa shape index (κ1) is 10.8. The molecular formula is C7H18N2O2. The van der Waals surface area contributed by atoms with Crippen LogP contribution in [-0.2, 0) is 4.74 Å². The molecule has 68 valence electrons.